The van der Waals surface area contributed by atoms with Gasteiger partial charge < -0.3 is 13.4 Å². The molecule has 0 aliphatic heterocycles. The van der Waals surface area contributed by atoms with Gasteiger partial charge in [0.25, 0.3) is 0 Å². The van der Waals surface area contributed by atoms with Crippen LogP contribution in [-0.2, 0) is 21.8 Å². The highest BCUT2D eigenvalue weighted by atomic mass is 35.5. The fraction of sp³-hybridized carbons (Fsp3) is 0.474. The van der Waals surface area contributed by atoms with Crippen LogP contribution in [0.4, 0.5) is 0 Å². The summed E-state index contributed by atoms with van der Waals surface area (Å²) >= 11 is 6.36. The molecule has 0 radical (unpaired) electrons. The van der Waals surface area contributed by atoms with Crippen molar-refractivity contribution in [3.63, 3.8) is 0 Å². The van der Waals surface area contributed by atoms with Gasteiger partial charge in [-0.2, -0.15) is 5.26 Å². The Balaban J connectivity index is 2.33. The number of rotatable bonds is 8. The molecule has 0 N–H and O–H groups in total. The number of nitriles is 1. The molecule has 1 aromatic carbocycles. The Morgan fingerprint density at radius 3 is 2.41 bits per heavy atom. The van der Waals surface area contributed by atoms with E-state index in [2.05, 4.69) is 49.5 Å². The summed E-state index contributed by atoms with van der Waals surface area (Å²) in [5, 5.41) is 9.60. The largest absolute Gasteiger partial charge is 0.398 e. The quantitative estimate of drug-likeness (QED) is 0.485. The molecule has 5 nitrogen and oxygen atoms in total. The number of aromatic nitrogens is 2. The van der Waals surface area contributed by atoms with Crippen LogP contribution in [0.2, 0.25) is 18.1 Å². The Labute approximate surface area is 171 Å². The number of imidazole rings is 1. The first-order valence-electron chi connectivity index (χ1n) is 9.21. The molecule has 2 rings (SSSR count). The fourth-order valence-corrected chi connectivity index (χ4v) is 5.69. The summed E-state index contributed by atoms with van der Waals surface area (Å²) in [4.78, 5) is 4.35. The van der Waals surface area contributed by atoms with Gasteiger partial charge in [-0.25, -0.2) is 4.98 Å². The van der Waals surface area contributed by atoms with E-state index >= 15 is 0 Å². The lowest BCUT2D eigenvalue weighted by Gasteiger charge is -2.45. The van der Waals surface area contributed by atoms with Crippen LogP contribution in [0.3, 0.4) is 0 Å². The van der Waals surface area contributed by atoms with E-state index in [1.54, 1.807) is 12.1 Å². The summed E-state index contributed by atoms with van der Waals surface area (Å²) in [6.07, 6.45) is 4.33. The molecule has 2 aromatic rings. The van der Waals surface area contributed by atoms with Gasteiger partial charge in [0, 0.05) is 28.7 Å². The first-order chi connectivity index (χ1) is 12.8. The van der Waals surface area contributed by atoms with Gasteiger partial charge in [0.1, 0.15) is 0 Å². The number of hydrogen-bond donors (Lipinski definition) is 0. The van der Waals surface area contributed by atoms with Crippen LogP contribution in [0.25, 0.3) is 0 Å². The van der Waals surface area contributed by atoms with E-state index in [1.807, 2.05) is 18.6 Å². The molecule has 0 spiro atoms. The fourth-order valence-electron chi connectivity index (χ4n) is 3.11. The minimum Gasteiger partial charge on any atom is -0.398 e. The molecule has 0 saturated heterocycles. The van der Waals surface area contributed by atoms with Crippen molar-refractivity contribution >= 4 is 31.1 Å². The summed E-state index contributed by atoms with van der Waals surface area (Å²) in [7, 11) is -1.31. The lowest BCUT2D eigenvalue weighted by Crippen LogP contribution is -2.51. The predicted molar refractivity (Wildman–Crippen MR) is 114 cm³/mol. The first kappa shape index (κ1) is 21.9. The molecular weight excluding hydrogens is 394 g/mol. The Kier molecular flexibility index (Phi) is 7.43. The van der Waals surface area contributed by atoms with Crippen LogP contribution in [0, 0.1) is 16.7 Å². The third kappa shape index (κ3) is 5.09. The van der Waals surface area contributed by atoms with Crippen molar-refractivity contribution in [1.82, 2.24) is 9.55 Å². The lowest BCUT2D eigenvalue weighted by molar-refractivity contribution is -0.186. The Hall–Kier alpha value is -1.44. The molecule has 146 valence electrons. The van der Waals surface area contributed by atoms with Crippen molar-refractivity contribution in [2.45, 2.75) is 52.6 Å². The van der Waals surface area contributed by atoms with Gasteiger partial charge in [-0.15, -0.1) is 0 Å². The minimum atomic E-state index is -0.657. The first-order valence-corrected chi connectivity index (χ1v) is 13.6. The Bertz CT molecular complexity index is 806. The summed E-state index contributed by atoms with van der Waals surface area (Å²) in [5.74, 6) is -0.624. The zero-order chi connectivity index (χ0) is 20.1. The van der Waals surface area contributed by atoms with Gasteiger partial charge in [0.2, 0.25) is 0 Å². The van der Waals surface area contributed by atoms with Crippen LogP contribution in [0.15, 0.2) is 30.7 Å². The van der Waals surface area contributed by atoms with E-state index in [0.29, 0.717) is 23.6 Å². The number of benzene rings is 1. The highest BCUT2D eigenvalue weighted by Crippen LogP contribution is 2.37. The normalized spacial score (nSPS) is 14.9. The summed E-state index contributed by atoms with van der Waals surface area (Å²) < 4.78 is 14.7. The van der Waals surface area contributed by atoms with E-state index in [-0.39, 0.29) is 5.41 Å². The van der Waals surface area contributed by atoms with Gasteiger partial charge in [0.15, 0.2) is 25.3 Å². The summed E-state index contributed by atoms with van der Waals surface area (Å²) in [5.41, 5.74) is 2.41. The molecule has 27 heavy (non-hydrogen) atoms. The second kappa shape index (κ2) is 9.17. The monoisotopic (exact) mass is 421 g/mol. The minimum absolute atomic E-state index is 0.153. The molecule has 0 fully saturated rings. The SMILES string of the molecule is C[SiH2]OC(Cc1cncn1Cc1ccc(C#N)cc1Cl)(O[SiH2]C)C(C)(C)C. The van der Waals surface area contributed by atoms with Gasteiger partial charge in [0.05, 0.1) is 24.5 Å². The maximum atomic E-state index is 9.01. The second-order valence-corrected chi connectivity index (χ2v) is 9.62. The third-order valence-corrected chi connectivity index (χ3v) is 6.49. The van der Waals surface area contributed by atoms with E-state index in [9.17, 15) is 0 Å². The zero-order valence-corrected chi connectivity index (χ0v) is 20.3. The van der Waals surface area contributed by atoms with Crippen molar-refractivity contribution in [3.8, 4) is 6.07 Å². The van der Waals surface area contributed by atoms with Gasteiger partial charge in [-0.05, 0) is 17.7 Å². The van der Waals surface area contributed by atoms with Crippen LogP contribution in [0.5, 0.6) is 0 Å². The van der Waals surface area contributed by atoms with Crippen LogP contribution in [-0.4, -0.2) is 34.9 Å². The van der Waals surface area contributed by atoms with Crippen LogP contribution < -0.4 is 0 Å². The van der Waals surface area contributed by atoms with E-state index in [1.165, 1.54) is 0 Å². The molecule has 1 heterocycles. The van der Waals surface area contributed by atoms with E-state index < -0.39 is 25.3 Å². The third-order valence-electron chi connectivity index (χ3n) is 4.63. The maximum absolute atomic E-state index is 9.01. The highest BCUT2D eigenvalue weighted by Gasteiger charge is 2.43. The van der Waals surface area contributed by atoms with Gasteiger partial charge in [-0.3, -0.25) is 0 Å². The number of hydrogen-bond acceptors (Lipinski definition) is 4. The van der Waals surface area contributed by atoms with Crippen LogP contribution >= 0.6 is 11.6 Å². The molecular formula is C19H28ClN3O2Si2. The smallest absolute Gasteiger partial charge is 0.162 e. The highest BCUT2D eigenvalue weighted by molar-refractivity contribution is 6.31. The van der Waals surface area contributed by atoms with E-state index in [0.717, 1.165) is 11.3 Å². The molecule has 0 saturated carbocycles. The summed E-state index contributed by atoms with van der Waals surface area (Å²) in [6.45, 7) is 11.4. The lowest BCUT2D eigenvalue weighted by atomic mass is 9.83. The van der Waals surface area contributed by atoms with Gasteiger partial charge in [-0.1, -0.05) is 51.5 Å². The molecule has 8 heteroatoms. The van der Waals surface area contributed by atoms with Crippen molar-refractivity contribution in [1.29, 1.82) is 5.26 Å². The van der Waals surface area contributed by atoms with Crippen molar-refractivity contribution in [2.24, 2.45) is 5.41 Å². The zero-order valence-electron chi connectivity index (χ0n) is 16.8. The second-order valence-electron chi connectivity index (χ2n) is 7.48. The van der Waals surface area contributed by atoms with E-state index in [4.69, 9.17) is 25.7 Å². The Morgan fingerprint density at radius 1 is 1.22 bits per heavy atom. The molecule has 0 amide bonds. The van der Waals surface area contributed by atoms with Crippen LogP contribution in [0.1, 0.15) is 37.6 Å². The molecule has 0 bridgehead atoms. The average Bonchev–Trinajstić information content (AvgIpc) is 3.02. The van der Waals surface area contributed by atoms with Crippen molar-refractivity contribution < 1.29 is 8.85 Å². The Morgan fingerprint density at radius 2 is 1.89 bits per heavy atom. The summed E-state index contributed by atoms with van der Waals surface area (Å²) in [6, 6.07) is 7.49. The molecule has 0 unspecified atom stereocenters. The number of nitrogens with zero attached hydrogens (tertiary/aromatic N) is 3. The molecule has 0 aliphatic carbocycles. The molecule has 1 aromatic heterocycles. The van der Waals surface area contributed by atoms with Crippen molar-refractivity contribution in [2.75, 3.05) is 0 Å². The predicted octanol–water partition coefficient (Wildman–Crippen LogP) is 3.04. The molecule has 0 atom stereocenters. The number of halogens is 1. The average molecular weight is 422 g/mol. The van der Waals surface area contributed by atoms with Crippen molar-refractivity contribution in [3.05, 3.63) is 52.6 Å². The van der Waals surface area contributed by atoms with Gasteiger partial charge >= 0.3 is 0 Å². The standard InChI is InChI=1S/C19H28ClN3O2Si2/c1-18(2,3)19(24-26-4,25-27-5)9-16-11-22-13-23(16)12-15-7-6-14(10-21)8-17(15)20/h6-8,11,13H,9,12,26-27H2,1-5H3. The topological polar surface area (TPSA) is 60.1 Å². The maximum Gasteiger partial charge on any atom is 0.162 e. The molecule has 0 aliphatic rings.